The maximum atomic E-state index is 11.2. The van der Waals surface area contributed by atoms with Gasteiger partial charge >= 0.3 is 51.4 Å². The average molecular weight is 361 g/mol. The summed E-state index contributed by atoms with van der Waals surface area (Å²) in [7, 11) is -4.29. The molecule has 0 radical (unpaired) electrons. The number of aliphatic hydroxyl groups is 1. The quantitative estimate of drug-likeness (QED) is 0.285. The van der Waals surface area contributed by atoms with Crippen molar-refractivity contribution in [3.63, 3.8) is 0 Å². The Bertz CT molecular complexity index is 333. The van der Waals surface area contributed by atoms with E-state index in [-0.39, 0.29) is 57.8 Å². The Morgan fingerprint density at radius 1 is 0.909 bits per heavy atom. The molecule has 22 heavy (non-hydrogen) atoms. The predicted molar refractivity (Wildman–Crippen MR) is 86.2 cm³/mol. The summed E-state index contributed by atoms with van der Waals surface area (Å²) in [6.07, 6.45) is 10.7. The first-order valence-corrected chi connectivity index (χ1v) is 10.0. The van der Waals surface area contributed by atoms with Gasteiger partial charge in [0, 0.05) is 0 Å². The summed E-state index contributed by atoms with van der Waals surface area (Å²) in [6, 6.07) is 0. The molecule has 128 valence electrons. The standard InChI is InChI=1S/C16H34O4S.K/c1-3-5-6-7-8-9-10-11-12-13-16(21(18,19)20)14-15(17)4-2;/h15-17H,3-14H2,1-2H3,(H,18,19,20);/q;+1/p-1. The number of hydrogen-bond acceptors (Lipinski definition) is 4. The average Bonchev–Trinajstić information content (AvgIpc) is 2.42. The Morgan fingerprint density at radius 3 is 1.77 bits per heavy atom. The molecule has 0 fully saturated rings. The van der Waals surface area contributed by atoms with Crippen LogP contribution in [0.25, 0.3) is 0 Å². The molecule has 2 unspecified atom stereocenters. The first-order chi connectivity index (χ1) is 9.91. The molecule has 6 heteroatoms. The second kappa shape index (κ2) is 16.0. The summed E-state index contributed by atoms with van der Waals surface area (Å²) in [6.45, 7) is 3.99. The van der Waals surface area contributed by atoms with Crippen molar-refractivity contribution in [3.05, 3.63) is 0 Å². The molecule has 0 saturated heterocycles. The smallest absolute Gasteiger partial charge is 0.748 e. The molecule has 0 aromatic rings. The van der Waals surface area contributed by atoms with Crippen molar-refractivity contribution in [1.82, 2.24) is 0 Å². The Kier molecular flexibility index (Phi) is 18.7. The van der Waals surface area contributed by atoms with E-state index in [4.69, 9.17) is 0 Å². The molecular weight excluding hydrogens is 327 g/mol. The fourth-order valence-electron chi connectivity index (χ4n) is 2.53. The van der Waals surface area contributed by atoms with Crippen LogP contribution in [-0.2, 0) is 10.1 Å². The topological polar surface area (TPSA) is 77.4 Å². The maximum Gasteiger partial charge on any atom is 1.00 e. The van der Waals surface area contributed by atoms with E-state index in [9.17, 15) is 18.1 Å². The van der Waals surface area contributed by atoms with Crippen LogP contribution in [0.15, 0.2) is 0 Å². The van der Waals surface area contributed by atoms with E-state index in [0.29, 0.717) is 12.8 Å². The zero-order chi connectivity index (χ0) is 16.1. The van der Waals surface area contributed by atoms with Crippen LogP contribution >= 0.6 is 0 Å². The Hall–Kier alpha value is 1.51. The molecule has 0 aliphatic carbocycles. The van der Waals surface area contributed by atoms with Crippen LogP contribution < -0.4 is 51.4 Å². The van der Waals surface area contributed by atoms with E-state index >= 15 is 0 Å². The van der Waals surface area contributed by atoms with Gasteiger partial charge in [0.1, 0.15) is 0 Å². The summed E-state index contributed by atoms with van der Waals surface area (Å²) in [5.41, 5.74) is 0. The molecule has 0 aromatic carbocycles. The van der Waals surface area contributed by atoms with Crippen LogP contribution in [0.3, 0.4) is 0 Å². The SMILES string of the molecule is CCCCCCCCCCCC(CC(O)CC)S(=O)(=O)[O-].[K+]. The van der Waals surface area contributed by atoms with Crippen molar-refractivity contribution in [3.8, 4) is 0 Å². The Morgan fingerprint density at radius 2 is 1.36 bits per heavy atom. The van der Waals surface area contributed by atoms with Gasteiger partial charge in [-0.2, -0.15) is 0 Å². The van der Waals surface area contributed by atoms with E-state index in [1.54, 1.807) is 6.92 Å². The molecule has 2 atom stereocenters. The summed E-state index contributed by atoms with van der Waals surface area (Å²) < 4.78 is 33.5. The van der Waals surface area contributed by atoms with Crippen LogP contribution in [0.2, 0.25) is 0 Å². The number of aliphatic hydroxyl groups excluding tert-OH is 1. The second-order valence-electron chi connectivity index (χ2n) is 6.03. The zero-order valence-corrected chi connectivity index (χ0v) is 18.7. The van der Waals surface area contributed by atoms with Gasteiger partial charge in [-0.05, 0) is 19.3 Å². The van der Waals surface area contributed by atoms with Gasteiger partial charge in [-0.15, -0.1) is 0 Å². The van der Waals surface area contributed by atoms with Crippen molar-refractivity contribution in [2.75, 3.05) is 0 Å². The Labute approximate surface area is 180 Å². The zero-order valence-electron chi connectivity index (χ0n) is 14.7. The largest absolute Gasteiger partial charge is 1.00 e. The summed E-state index contributed by atoms with van der Waals surface area (Å²) in [5, 5.41) is 8.61. The van der Waals surface area contributed by atoms with Crippen molar-refractivity contribution in [2.45, 2.75) is 102 Å². The maximum absolute atomic E-state index is 11.2. The number of unbranched alkanes of at least 4 members (excludes halogenated alkanes) is 8. The fraction of sp³-hybridized carbons (Fsp3) is 1.00. The first kappa shape index (κ1) is 25.7. The van der Waals surface area contributed by atoms with Crippen LogP contribution in [0.1, 0.15) is 90.9 Å². The molecule has 0 rings (SSSR count). The predicted octanol–water partition coefficient (Wildman–Crippen LogP) is 0.986. The van der Waals surface area contributed by atoms with Crippen molar-refractivity contribution in [2.24, 2.45) is 0 Å². The van der Waals surface area contributed by atoms with Gasteiger partial charge < -0.3 is 9.66 Å². The van der Waals surface area contributed by atoms with Crippen LogP contribution in [0, 0.1) is 0 Å². The minimum Gasteiger partial charge on any atom is -0.748 e. The molecule has 0 bridgehead atoms. The van der Waals surface area contributed by atoms with Crippen LogP contribution in [0.4, 0.5) is 0 Å². The van der Waals surface area contributed by atoms with Gasteiger partial charge in [0.15, 0.2) is 0 Å². The van der Waals surface area contributed by atoms with Crippen LogP contribution in [-0.4, -0.2) is 29.4 Å². The fourth-order valence-corrected chi connectivity index (χ4v) is 3.45. The first-order valence-electron chi connectivity index (χ1n) is 8.54. The van der Waals surface area contributed by atoms with Gasteiger partial charge in [0.05, 0.1) is 21.5 Å². The number of rotatable bonds is 14. The summed E-state index contributed by atoms with van der Waals surface area (Å²) in [5.74, 6) is 0. The third-order valence-electron chi connectivity index (χ3n) is 4.04. The molecule has 0 amide bonds. The van der Waals surface area contributed by atoms with Crippen molar-refractivity contribution in [1.29, 1.82) is 0 Å². The summed E-state index contributed by atoms with van der Waals surface area (Å²) >= 11 is 0. The van der Waals surface area contributed by atoms with Crippen molar-refractivity contribution < 1.29 is 69.5 Å². The van der Waals surface area contributed by atoms with E-state index < -0.39 is 21.5 Å². The van der Waals surface area contributed by atoms with Gasteiger partial charge in [-0.1, -0.05) is 71.6 Å². The molecule has 0 aliphatic heterocycles. The van der Waals surface area contributed by atoms with E-state index in [1.807, 2.05) is 0 Å². The van der Waals surface area contributed by atoms with Gasteiger partial charge in [0.25, 0.3) is 0 Å². The van der Waals surface area contributed by atoms with E-state index in [2.05, 4.69) is 6.92 Å². The van der Waals surface area contributed by atoms with Crippen LogP contribution in [0.5, 0.6) is 0 Å². The minimum atomic E-state index is -4.29. The Balaban J connectivity index is 0. The normalized spacial score (nSPS) is 14.4. The van der Waals surface area contributed by atoms with Gasteiger partial charge in [-0.3, -0.25) is 0 Å². The molecule has 0 saturated carbocycles. The van der Waals surface area contributed by atoms with Gasteiger partial charge in [-0.25, -0.2) is 8.42 Å². The molecular formula is C16H33KO4S. The third kappa shape index (κ3) is 15.1. The van der Waals surface area contributed by atoms with Crippen molar-refractivity contribution >= 4 is 10.1 Å². The monoisotopic (exact) mass is 360 g/mol. The molecule has 0 spiro atoms. The molecule has 0 heterocycles. The third-order valence-corrected chi connectivity index (χ3v) is 5.29. The second-order valence-corrected chi connectivity index (χ2v) is 7.68. The summed E-state index contributed by atoms with van der Waals surface area (Å²) in [4.78, 5) is 0. The van der Waals surface area contributed by atoms with E-state index in [1.165, 1.54) is 38.5 Å². The van der Waals surface area contributed by atoms with E-state index in [0.717, 1.165) is 19.3 Å². The molecule has 1 N–H and O–H groups in total. The number of hydrogen-bond donors (Lipinski definition) is 1. The van der Waals surface area contributed by atoms with Gasteiger partial charge in [0.2, 0.25) is 0 Å². The molecule has 0 aliphatic rings. The molecule has 0 aromatic heterocycles. The minimum absolute atomic E-state index is 0. The molecule has 4 nitrogen and oxygen atoms in total.